The Hall–Kier alpha value is -2.76. The fourth-order valence-electron chi connectivity index (χ4n) is 2.68. The van der Waals surface area contributed by atoms with E-state index in [1.54, 1.807) is 24.4 Å². The predicted octanol–water partition coefficient (Wildman–Crippen LogP) is 1.45. The molecule has 106 valence electrons. The van der Waals surface area contributed by atoms with Gasteiger partial charge in [-0.15, -0.1) is 0 Å². The number of rotatable bonds is 2. The molecule has 1 aliphatic heterocycles. The van der Waals surface area contributed by atoms with E-state index in [-0.39, 0.29) is 23.8 Å². The van der Waals surface area contributed by atoms with Gasteiger partial charge < -0.3 is 5.11 Å². The third-order valence-electron chi connectivity index (χ3n) is 3.68. The number of aromatic nitrogens is 1. The number of carbonyl (C=O) groups excluding carboxylic acids is 2. The first kappa shape index (κ1) is 13.2. The molecule has 0 bridgehead atoms. The summed E-state index contributed by atoms with van der Waals surface area (Å²) in [6.07, 6.45) is 3.54. The third-order valence-corrected chi connectivity index (χ3v) is 3.68. The van der Waals surface area contributed by atoms with Crippen LogP contribution in [0.4, 0.5) is 0 Å². The summed E-state index contributed by atoms with van der Waals surface area (Å²) >= 11 is 0. The van der Waals surface area contributed by atoms with Gasteiger partial charge in [-0.05, 0) is 17.4 Å². The van der Waals surface area contributed by atoms with Crippen LogP contribution in [0.25, 0.3) is 10.8 Å². The van der Waals surface area contributed by atoms with Crippen molar-refractivity contribution in [2.45, 2.75) is 18.8 Å². The maximum Gasteiger partial charge on any atom is 0.337 e. The molecule has 1 unspecified atom stereocenters. The minimum absolute atomic E-state index is 0.0987. The van der Waals surface area contributed by atoms with Crippen molar-refractivity contribution < 1.29 is 19.5 Å². The van der Waals surface area contributed by atoms with Gasteiger partial charge in [0.25, 0.3) is 0 Å². The standard InChI is InChI=1S/C15H12N2O4/c18-13-5-4-10(14(19)17-13)8-2-1-3-9-11(8)6-16-7-12(9)15(20)21/h1-3,6-7,10H,4-5H2,(H,20,21)(H,17,18,19). The van der Waals surface area contributed by atoms with Crippen molar-refractivity contribution in [2.24, 2.45) is 0 Å². The second-order valence-electron chi connectivity index (χ2n) is 4.94. The normalized spacial score (nSPS) is 18.6. The lowest BCUT2D eigenvalue weighted by atomic mass is 9.87. The minimum atomic E-state index is -1.06. The third kappa shape index (κ3) is 2.24. The number of carboxylic acids is 1. The number of carboxylic acid groups (broad SMARTS) is 1. The van der Waals surface area contributed by atoms with E-state index in [0.717, 1.165) is 0 Å². The lowest BCUT2D eigenvalue weighted by Gasteiger charge is -2.22. The summed E-state index contributed by atoms with van der Waals surface area (Å²) in [4.78, 5) is 38.4. The van der Waals surface area contributed by atoms with E-state index < -0.39 is 11.9 Å². The van der Waals surface area contributed by atoms with Crippen LogP contribution < -0.4 is 5.32 Å². The Kier molecular flexibility index (Phi) is 3.13. The lowest BCUT2D eigenvalue weighted by molar-refractivity contribution is -0.134. The average molecular weight is 284 g/mol. The maximum atomic E-state index is 12.0. The number of nitrogens with one attached hydrogen (secondary N) is 1. The summed E-state index contributed by atoms with van der Waals surface area (Å²) < 4.78 is 0. The number of imide groups is 1. The molecule has 1 aromatic heterocycles. The summed E-state index contributed by atoms with van der Waals surface area (Å²) in [5, 5.41) is 12.7. The number of amides is 2. The van der Waals surface area contributed by atoms with Crippen molar-refractivity contribution in [3.8, 4) is 0 Å². The van der Waals surface area contributed by atoms with Crippen molar-refractivity contribution in [3.05, 3.63) is 41.7 Å². The predicted molar refractivity (Wildman–Crippen MR) is 73.8 cm³/mol. The number of pyridine rings is 1. The molecule has 1 fully saturated rings. The molecule has 1 saturated heterocycles. The number of fused-ring (bicyclic) bond motifs is 1. The fraction of sp³-hybridized carbons (Fsp3) is 0.200. The van der Waals surface area contributed by atoms with Crippen LogP contribution in [-0.2, 0) is 9.59 Å². The number of aromatic carboxylic acids is 1. The van der Waals surface area contributed by atoms with Gasteiger partial charge in [0.1, 0.15) is 0 Å². The number of hydrogen-bond acceptors (Lipinski definition) is 4. The molecule has 6 heteroatoms. The van der Waals surface area contributed by atoms with E-state index in [2.05, 4.69) is 10.3 Å². The zero-order valence-electron chi connectivity index (χ0n) is 11.0. The van der Waals surface area contributed by atoms with Crippen molar-refractivity contribution in [3.63, 3.8) is 0 Å². The highest BCUT2D eigenvalue weighted by Gasteiger charge is 2.29. The average Bonchev–Trinajstić information content (AvgIpc) is 2.46. The molecule has 1 aromatic carbocycles. The van der Waals surface area contributed by atoms with E-state index in [1.807, 2.05) is 0 Å². The van der Waals surface area contributed by atoms with Crippen molar-refractivity contribution >= 4 is 28.6 Å². The fourth-order valence-corrected chi connectivity index (χ4v) is 2.68. The summed E-state index contributed by atoms with van der Waals surface area (Å²) in [5.74, 6) is -2.15. The molecule has 2 N–H and O–H groups in total. The van der Waals surface area contributed by atoms with Gasteiger partial charge in [0, 0.05) is 24.2 Å². The molecule has 3 rings (SSSR count). The van der Waals surface area contributed by atoms with E-state index in [4.69, 9.17) is 0 Å². The van der Waals surface area contributed by atoms with Crippen LogP contribution in [0.5, 0.6) is 0 Å². The van der Waals surface area contributed by atoms with Crippen molar-refractivity contribution in [1.82, 2.24) is 10.3 Å². The topological polar surface area (TPSA) is 96.4 Å². The van der Waals surface area contributed by atoms with Gasteiger partial charge in [-0.25, -0.2) is 4.79 Å². The van der Waals surface area contributed by atoms with E-state index in [1.165, 1.54) is 6.20 Å². The maximum absolute atomic E-state index is 12.0. The number of nitrogens with zero attached hydrogens (tertiary/aromatic N) is 1. The van der Waals surface area contributed by atoms with Crippen LogP contribution in [0, 0.1) is 0 Å². The van der Waals surface area contributed by atoms with Crippen LogP contribution in [0.2, 0.25) is 0 Å². The number of piperidine rings is 1. The molecule has 21 heavy (non-hydrogen) atoms. The van der Waals surface area contributed by atoms with Gasteiger partial charge in [-0.1, -0.05) is 18.2 Å². The van der Waals surface area contributed by atoms with Gasteiger partial charge in [0.2, 0.25) is 11.8 Å². The summed E-state index contributed by atoms with van der Waals surface area (Å²) in [7, 11) is 0. The summed E-state index contributed by atoms with van der Waals surface area (Å²) in [5.41, 5.74) is 0.801. The Balaban J connectivity index is 2.16. The molecule has 2 aromatic rings. The molecule has 6 nitrogen and oxygen atoms in total. The zero-order chi connectivity index (χ0) is 15.0. The first-order chi connectivity index (χ1) is 10.1. The van der Waals surface area contributed by atoms with Gasteiger partial charge in [0.15, 0.2) is 0 Å². The molecule has 1 atom stereocenters. The van der Waals surface area contributed by atoms with Crippen LogP contribution >= 0.6 is 0 Å². The smallest absolute Gasteiger partial charge is 0.337 e. The van der Waals surface area contributed by atoms with Gasteiger partial charge in [0.05, 0.1) is 11.5 Å². The first-order valence-corrected chi connectivity index (χ1v) is 6.51. The molecule has 1 aliphatic rings. The van der Waals surface area contributed by atoms with Gasteiger partial charge in [-0.3, -0.25) is 19.9 Å². The highest BCUT2D eigenvalue weighted by molar-refractivity contribution is 6.07. The van der Waals surface area contributed by atoms with Crippen LogP contribution in [0.15, 0.2) is 30.6 Å². The minimum Gasteiger partial charge on any atom is -0.478 e. The van der Waals surface area contributed by atoms with Crippen LogP contribution in [-0.4, -0.2) is 27.9 Å². The second kappa shape index (κ2) is 4.97. The molecular formula is C15H12N2O4. The molecular weight excluding hydrogens is 272 g/mol. The summed E-state index contributed by atoms with van der Waals surface area (Å²) in [6, 6.07) is 5.18. The van der Waals surface area contributed by atoms with E-state index >= 15 is 0 Å². The Morgan fingerprint density at radius 3 is 2.76 bits per heavy atom. The summed E-state index contributed by atoms with van der Waals surface area (Å²) in [6.45, 7) is 0. The van der Waals surface area contributed by atoms with Crippen molar-refractivity contribution in [2.75, 3.05) is 0 Å². The molecule has 2 amide bonds. The van der Waals surface area contributed by atoms with Crippen LogP contribution in [0.1, 0.15) is 34.7 Å². The second-order valence-corrected chi connectivity index (χ2v) is 4.94. The SMILES string of the molecule is O=C1CCC(c2cccc3c(C(=O)O)cncc23)C(=O)N1. The van der Waals surface area contributed by atoms with E-state index in [0.29, 0.717) is 22.8 Å². The molecule has 0 aliphatic carbocycles. The van der Waals surface area contributed by atoms with Crippen LogP contribution in [0.3, 0.4) is 0 Å². The molecule has 2 heterocycles. The molecule has 0 spiro atoms. The molecule has 0 saturated carbocycles. The number of benzene rings is 1. The zero-order valence-corrected chi connectivity index (χ0v) is 11.0. The van der Waals surface area contributed by atoms with Crippen molar-refractivity contribution in [1.29, 1.82) is 0 Å². The Morgan fingerprint density at radius 1 is 1.24 bits per heavy atom. The number of hydrogen-bond donors (Lipinski definition) is 2. The lowest BCUT2D eigenvalue weighted by Crippen LogP contribution is -2.39. The Bertz CT molecular complexity index is 769. The van der Waals surface area contributed by atoms with Gasteiger partial charge in [-0.2, -0.15) is 0 Å². The molecule has 0 radical (unpaired) electrons. The monoisotopic (exact) mass is 284 g/mol. The largest absolute Gasteiger partial charge is 0.478 e. The quantitative estimate of drug-likeness (QED) is 0.814. The first-order valence-electron chi connectivity index (χ1n) is 6.51. The highest BCUT2D eigenvalue weighted by Crippen LogP contribution is 2.31. The van der Waals surface area contributed by atoms with E-state index in [9.17, 15) is 19.5 Å². The van der Waals surface area contributed by atoms with Gasteiger partial charge >= 0.3 is 5.97 Å². The Morgan fingerprint density at radius 2 is 2.05 bits per heavy atom. The Labute approximate surface area is 119 Å². The number of carbonyl (C=O) groups is 3. The highest BCUT2D eigenvalue weighted by atomic mass is 16.4.